The van der Waals surface area contributed by atoms with Crippen molar-refractivity contribution in [1.82, 2.24) is 9.80 Å². The van der Waals surface area contributed by atoms with Crippen LogP contribution in [0.15, 0.2) is 0 Å². The molecule has 1 N–H and O–H groups in total. The fourth-order valence-electron chi connectivity index (χ4n) is 4.28. The van der Waals surface area contributed by atoms with E-state index >= 15 is 0 Å². The predicted octanol–water partition coefficient (Wildman–Crippen LogP) is 7.51. The van der Waals surface area contributed by atoms with Gasteiger partial charge in [-0.15, -0.1) is 0 Å². The Labute approximate surface area is 209 Å². The Hall–Kier alpha value is -1.59. The van der Waals surface area contributed by atoms with Crippen molar-refractivity contribution in [3.8, 4) is 0 Å². The Bertz CT molecular complexity index is 569. The zero-order chi connectivity index (χ0) is 26.0. The van der Waals surface area contributed by atoms with Gasteiger partial charge in [-0.05, 0) is 11.8 Å². The minimum Gasteiger partial charge on any atom is -0.481 e. The van der Waals surface area contributed by atoms with Crippen LogP contribution in [0, 0.1) is 11.3 Å². The number of urea groups is 1. The topological polar surface area (TPSA) is 77.9 Å². The number of carboxylic acid groups (broad SMARTS) is 1. The molecule has 0 aromatic rings. The first-order valence-corrected chi connectivity index (χ1v) is 13.7. The molecule has 0 fully saturated rings. The van der Waals surface area contributed by atoms with Crippen LogP contribution in [-0.2, 0) is 9.59 Å². The van der Waals surface area contributed by atoms with Crippen molar-refractivity contribution in [2.75, 3.05) is 20.6 Å². The van der Waals surface area contributed by atoms with Crippen LogP contribution in [0.2, 0.25) is 0 Å². The van der Waals surface area contributed by atoms with E-state index in [1.165, 1.54) is 80.4 Å². The van der Waals surface area contributed by atoms with Gasteiger partial charge in [-0.1, -0.05) is 118 Å². The summed E-state index contributed by atoms with van der Waals surface area (Å²) in [4.78, 5) is 39.9. The SMILES string of the molecule is CCCCCCCCCCCCCCCCC(CC(=O)O)C(=O)N(CC(C)(C)C)C(=O)N(C)C. The molecule has 34 heavy (non-hydrogen) atoms. The summed E-state index contributed by atoms with van der Waals surface area (Å²) in [6, 6.07) is -0.378. The molecular weight excluding hydrogens is 428 g/mol. The first-order chi connectivity index (χ1) is 16.0. The average Bonchev–Trinajstić information content (AvgIpc) is 2.75. The molecule has 0 aliphatic carbocycles. The second kappa shape index (κ2) is 18.7. The van der Waals surface area contributed by atoms with Gasteiger partial charge >= 0.3 is 12.0 Å². The Balaban J connectivity index is 4.34. The van der Waals surface area contributed by atoms with E-state index in [-0.39, 0.29) is 30.3 Å². The minimum atomic E-state index is -0.989. The van der Waals surface area contributed by atoms with Gasteiger partial charge < -0.3 is 10.0 Å². The maximum absolute atomic E-state index is 13.2. The highest BCUT2D eigenvalue weighted by Gasteiger charge is 2.33. The maximum atomic E-state index is 13.2. The third-order valence-electron chi connectivity index (χ3n) is 6.19. The van der Waals surface area contributed by atoms with E-state index in [0.717, 1.165) is 19.3 Å². The summed E-state index contributed by atoms with van der Waals surface area (Å²) >= 11 is 0. The molecule has 3 amide bonds. The molecule has 1 unspecified atom stereocenters. The average molecular weight is 483 g/mol. The number of hydrogen-bond donors (Lipinski definition) is 1. The molecule has 0 saturated carbocycles. The lowest BCUT2D eigenvalue weighted by Gasteiger charge is -2.32. The number of imide groups is 1. The van der Waals surface area contributed by atoms with Gasteiger partial charge in [0, 0.05) is 26.6 Å². The summed E-state index contributed by atoms with van der Waals surface area (Å²) in [6.07, 6.45) is 17.8. The van der Waals surface area contributed by atoms with E-state index in [1.54, 1.807) is 14.1 Å². The molecule has 0 aliphatic rings. The van der Waals surface area contributed by atoms with E-state index in [1.807, 2.05) is 20.8 Å². The van der Waals surface area contributed by atoms with Crippen molar-refractivity contribution in [2.45, 2.75) is 130 Å². The van der Waals surface area contributed by atoms with E-state index in [0.29, 0.717) is 6.42 Å². The number of aliphatic carboxylic acids is 1. The Morgan fingerprint density at radius 2 is 1.15 bits per heavy atom. The number of hydrogen-bond acceptors (Lipinski definition) is 3. The van der Waals surface area contributed by atoms with E-state index in [4.69, 9.17) is 0 Å². The summed E-state index contributed by atoms with van der Waals surface area (Å²) in [5.74, 6) is -2.00. The molecule has 0 bridgehead atoms. The lowest BCUT2D eigenvalue weighted by Crippen LogP contribution is -2.49. The molecule has 0 spiro atoms. The number of amides is 3. The van der Waals surface area contributed by atoms with Gasteiger partial charge in [0.1, 0.15) is 0 Å². The molecule has 6 nitrogen and oxygen atoms in total. The van der Waals surface area contributed by atoms with Gasteiger partial charge in [-0.3, -0.25) is 14.5 Å². The molecule has 0 aromatic carbocycles. The van der Waals surface area contributed by atoms with Crippen molar-refractivity contribution in [1.29, 1.82) is 0 Å². The number of nitrogens with zero attached hydrogens (tertiary/aromatic N) is 2. The van der Waals surface area contributed by atoms with E-state index in [2.05, 4.69) is 6.92 Å². The van der Waals surface area contributed by atoms with Gasteiger partial charge in [0.05, 0.1) is 6.42 Å². The molecule has 0 aliphatic heterocycles. The molecular formula is C28H54N2O4. The fourth-order valence-corrected chi connectivity index (χ4v) is 4.28. The Morgan fingerprint density at radius 3 is 1.50 bits per heavy atom. The molecule has 200 valence electrons. The summed E-state index contributed by atoms with van der Waals surface area (Å²) in [5, 5.41) is 9.34. The zero-order valence-corrected chi connectivity index (χ0v) is 23.2. The number of rotatable bonds is 19. The van der Waals surface area contributed by atoms with E-state index < -0.39 is 11.9 Å². The number of unbranched alkanes of at least 4 members (excludes halogenated alkanes) is 13. The molecule has 6 heteroatoms. The van der Waals surface area contributed by atoms with Crippen LogP contribution in [0.3, 0.4) is 0 Å². The molecule has 0 rings (SSSR count). The summed E-state index contributed by atoms with van der Waals surface area (Å²) in [6.45, 7) is 8.43. The van der Waals surface area contributed by atoms with Gasteiger partial charge in [-0.2, -0.15) is 0 Å². The molecule has 0 aromatic heterocycles. The first kappa shape index (κ1) is 32.4. The van der Waals surface area contributed by atoms with Gasteiger partial charge in [-0.25, -0.2) is 4.79 Å². The van der Waals surface area contributed by atoms with Crippen molar-refractivity contribution in [3.63, 3.8) is 0 Å². The maximum Gasteiger partial charge on any atom is 0.326 e. The van der Waals surface area contributed by atoms with Crippen LogP contribution in [0.4, 0.5) is 4.79 Å². The van der Waals surface area contributed by atoms with E-state index in [9.17, 15) is 19.5 Å². The molecule has 0 radical (unpaired) electrons. The van der Waals surface area contributed by atoms with Crippen molar-refractivity contribution in [2.24, 2.45) is 11.3 Å². The number of carboxylic acids is 1. The standard InChI is InChI=1S/C28H54N2O4/c1-7-8-9-10-11-12-13-14-15-16-17-18-19-20-21-24(22-25(31)32)26(33)30(23-28(2,3)4)27(34)29(5)6/h24H,7-23H2,1-6H3,(H,31,32). The van der Waals surface area contributed by atoms with Crippen molar-refractivity contribution < 1.29 is 19.5 Å². The third-order valence-corrected chi connectivity index (χ3v) is 6.19. The van der Waals surface area contributed by atoms with Gasteiger partial charge in [0.2, 0.25) is 5.91 Å². The fraction of sp³-hybridized carbons (Fsp3) is 0.893. The molecule has 0 heterocycles. The monoisotopic (exact) mass is 482 g/mol. The highest BCUT2D eigenvalue weighted by molar-refractivity contribution is 5.96. The Morgan fingerprint density at radius 1 is 0.735 bits per heavy atom. The summed E-state index contributed by atoms with van der Waals surface area (Å²) < 4.78 is 0. The predicted molar refractivity (Wildman–Crippen MR) is 141 cm³/mol. The summed E-state index contributed by atoms with van der Waals surface area (Å²) in [7, 11) is 3.23. The lowest BCUT2D eigenvalue weighted by atomic mass is 9.92. The minimum absolute atomic E-state index is 0.224. The molecule has 1 atom stereocenters. The molecule has 0 saturated heterocycles. The Kier molecular flexibility index (Phi) is 17.8. The quantitative estimate of drug-likeness (QED) is 0.193. The van der Waals surface area contributed by atoms with Crippen LogP contribution in [-0.4, -0.2) is 53.5 Å². The normalized spacial score (nSPS) is 12.4. The van der Waals surface area contributed by atoms with Crippen LogP contribution in [0.1, 0.15) is 130 Å². The van der Waals surface area contributed by atoms with Crippen LogP contribution in [0.25, 0.3) is 0 Å². The highest BCUT2D eigenvalue weighted by Crippen LogP contribution is 2.23. The van der Waals surface area contributed by atoms with Gasteiger partial charge in [0.25, 0.3) is 0 Å². The number of carbonyl (C=O) groups excluding carboxylic acids is 2. The van der Waals surface area contributed by atoms with Crippen LogP contribution >= 0.6 is 0 Å². The largest absolute Gasteiger partial charge is 0.481 e. The second-order valence-electron chi connectivity index (χ2n) is 11.3. The first-order valence-electron chi connectivity index (χ1n) is 13.7. The lowest BCUT2D eigenvalue weighted by molar-refractivity contribution is -0.144. The van der Waals surface area contributed by atoms with Crippen molar-refractivity contribution >= 4 is 17.9 Å². The van der Waals surface area contributed by atoms with Crippen LogP contribution < -0.4 is 0 Å². The highest BCUT2D eigenvalue weighted by atomic mass is 16.4. The number of carbonyl (C=O) groups is 3. The van der Waals surface area contributed by atoms with Crippen LogP contribution in [0.5, 0.6) is 0 Å². The smallest absolute Gasteiger partial charge is 0.326 e. The second-order valence-corrected chi connectivity index (χ2v) is 11.3. The zero-order valence-electron chi connectivity index (χ0n) is 23.2. The summed E-state index contributed by atoms with van der Waals surface area (Å²) in [5.41, 5.74) is -0.260. The third kappa shape index (κ3) is 16.9. The van der Waals surface area contributed by atoms with Crippen molar-refractivity contribution in [3.05, 3.63) is 0 Å². The van der Waals surface area contributed by atoms with Gasteiger partial charge in [0.15, 0.2) is 0 Å².